The van der Waals surface area contributed by atoms with Crippen LogP contribution in [0.4, 0.5) is 13.2 Å². The smallest absolute Gasteiger partial charge is 0.451 e. The van der Waals surface area contributed by atoms with E-state index in [4.69, 9.17) is 16.3 Å². The van der Waals surface area contributed by atoms with Crippen molar-refractivity contribution in [3.63, 3.8) is 0 Å². The number of methoxy groups -OCH3 is 1. The summed E-state index contributed by atoms with van der Waals surface area (Å²) in [5.74, 6) is -1.10. The number of hydrogen-bond donors (Lipinski definition) is 0. The third-order valence-electron chi connectivity index (χ3n) is 2.19. The average molecular weight is 342 g/mol. The van der Waals surface area contributed by atoms with Crippen molar-refractivity contribution in [3.05, 3.63) is 27.6 Å². The van der Waals surface area contributed by atoms with E-state index in [0.29, 0.717) is 4.47 Å². The summed E-state index contributed by atoms with van der Waals surface area (Å²) in [6, 6.07) is 3.10. The first kappa shape index (κ1) is 13.4. The Labute approximate surface area is 113 Å². The van der Waals surface area contributed by atoms with Crippen LogP contribution in [-0.4, -0.2) is 17.1 Å². The Morgan fingerprint density at radius 3 is 2.50 bits per heavy atom. The van der Waals surface area contributed by atoms with Gasteiger partial charge in [0.15, 0.2) is 0 Å². The minimum Gasteiger partial charge on any atom is -0.494 e. The fraction of sp³-hybridized carbons (Fsp3) is 0.200. The molecule has 2 aromatic rings. The van der Waals surface area contributed by atoms with Crippen molar-refractivity contribution in [1.29, 1.82) is 0 Å². The highest BCUT2D eigenvalue weighted by Gasteiger charge is 2.36. The van der Waals surface area contributed by atoms with E-state index in [-0.39, 0.29) is 21.8 Å². The molecule has 0 saturated carbocycles. The first-order chi connectivity index (χ1) is 8.34. The maximum atomic E-state index is 12.6. The molecule has 2 rings (SSSR count). The van der Waals surface area contributed by atoms with Gasteiger partial charge in [0, 0.05) is 4.47 Å². The molecule has 0 spiro atoms. The first-order valence-electron chi connectivity index (χ1n) is 4.61. The maximum Gasteiger partial charge on any atom is 0.451 e. The second-order valence-electron chi connectivity index (χ2n) is 3.31. The second-order valence-corrected chi connectivity index (χ2v) is 4.52. The summed E-state index contributed by atoms with van der Waals surface area (Å²) in [5.41, 5.74) is 0.0131. The highest BCUT2D eigenvalue weighted by Crippen LogP contribution is 2.37. The van der Waals surface area contributed by atoms with Crippen LogP contribution in [0.1, 0.15) is 5.82 Å². The summed E-state index contributed by atoms with van der Waals surface area (Å²) >= 11 is 8.95. The molecular formula is C10H5BrClF3N2O. The van der Waals surface area contributed by atoms with Gasteiger partial charge in [-0.2, -0.15) is 13.2 Å². The Bertz CT molecular complexity index is 618. The summed E-state index contributed by atoms with van der Waals surface area (Å²) < 4.78 is 43.3. The van der Waals surface area contributed by atoms with E-state index < -0.39 is 12.0 Å². The fourth-order valence-electron chi connectivity index (χ4n) is 1.43. The van der Waals surface area contributed by atoms with Crippen LogP contribution >= 0.6 is 27.5 Å². The van der Waals surface area contributed by atoms with Crippen LogP contribution in [0.2, 0.25) is 5.15 Å². The number of hydrogen-bond acceptors (Lipinski definition) is 3. The molecule has 0 atom stereocenters. The Kier molecular flexibility index (Phi) is 3.37. The van der Waals surface area contributed by atoms with Gasteiger partial charge in [-0.15, -0.1) is 0 Å². The van der Waals surface area contributed by atoms with Gasteiger partial charge in [0.2, 0.25) is 5.82 Å². The monoisotopic (exact) mass is 340 g/mol. The molecule has 0 aliphatic heterocycles. The van der Waals surface area contributed by atoms with Gasteiger partial charge < -0.3 is 4.74 Å². The zero-order chi connectivity index (χ0) is 13.5. The molecule has 1 aromatic heterocycles. The Morgan fingerprint density at radius 2 is 1.94 bits per heavy atom. The number of nitrogens with zero attached hydrogens (tertiary/aromatic N) is 2. The van der Waals surface area contributed by atoms with Crippen molar-refractivity contribution in [2.24, 2.45) is 0 Å². The molecule has 1 aromatic carbocycles. The van der Waals surface area contributed by atoms with Crippen LogP contribution in [0.3, 0.4) is 0 Å². The number of alkyl halides is 3. The SMILES string of the molecule is COc1ccc(Br)c2c(Cl)nc(C(F)(F)F)nc12. The van der Waals surface area contributed by atoms with E-state index in [0.717, 1.165) is 0 Å². The summed E-state index contributed by atoms with van der Waals surface area (Å²) in [4.78, 5) is 6.72. The number of aromatic nitrogens is 2. The minimum atomic E-state index is -4.66. The number of ether oxygens (including phenoxy) is 1. The lowest BCUT2D eigenvalue weighted by atomic mass is 10.2. The van der Waals surface area contributed by atoms with Crippen LogP contribution in [0.25, 0.3) is 10.9 Å². The number of benzene rings is 1. The van der Waals surface area contributed by atoms with Gasteiger partial charge in [0.25, 0.3) is 0 Å². The normalized spacial score (nSPS) is 11.9. The Hall–Kier alpha value is -1.08. The molecule has 0 aliphatic rings. The molecule has 0 bridgehead atoms. The molecule has 18 heavy (non-hydrogen) atoms. The molecule has 0 aliphatic carbocycles. The van der Waals surface area contributed by atoms with E-state index >= 15 is 0 Å². The molecule has 1 heterocycles. The molecule has 0 radical (unpaired) electrons. The lowest BCUT2D eigenvalue weighted by Crippen LogP contribution is -2.11. The molecule has 0 saturated heterocycles. The van der Waals surface area contributed by atoms with Gasteiger partial charge in [0.1, 0.15) is 16.4 Å². The molecule has 96 valence electrons. The molecule has 0 amide bonds. The van der Waals surface area contributed by atoms with Crippen molar-refractivity contribution >= 4 is 38.4 Å². The number of halogens is 5. The molecule has 3 nitrogen and oxygen atoms in total. The Balaban J connectivity index is 2.86. The lowest BCUT2D eigenvalue weighted by molar-refractivity contribution is -0.144. The van der Waals surface area contributed by atoms with E-state index in [1.807, 2.05) is 0 Å². The third kappa shape index (κ3) is 2.24. The van der Waals surface area contributed by atoms with Crippen LogP contribution in [0.15, 0.2) is 16.6 Å². The lowest BCUT2D eigenvalue weighted by Gasteiger charge is -2.10. The van der Waals surface area contributed by atoms with Crippen molar-refractivity contribution in [3.8, 4) is 5.75 Å². The van der Waals surface area contributed by atoms with Crippen LogP contribution in [0.5, 0.6) is 5.75 Å². The first-order valence-corrected chi connectivity index (χ1v) is 5.78. The highest BCUT2D eigenvalue weighted by atomic mass is 79.9. The van der Waals surface area contributed by atoms with Crippen molar-refractivity contribution in [2.45, 2.75) is 6.18 Å². The summed E-state index contributed by atoms with van der Waals surface area (Å²) in [6.45, 7) is 0. The summed E-state index contributed by atoms with van der Waals surface area (Å²) in [6.07, 6.45) is -4.66. The zero-order valence-corrected chi connectivity index (χ0v) is 11.2. The third-order valence-corrected chi connectivity index (χ3v) is 3.13. The average Bonchev–Trinajstić information content (AvgIpc) is 2.27. The molecule has 0 N–H and O–H groups in total. The largest absolute Gasteiger partial charge is 0.494 e. The summed E-state index contributed by atoms with van der Waals surface area (Å²) in [7, 11) is 1.34. The maximum absolute atomic E-state index is 12.6. The molecule has 0 unspecified atom stereocenters. The zero-order valence-electron chi connectivity index (χ0n) is 8.85. The summed E-state index contributed by atoms with van der Waals surface area (Å²) in [5, 5.41) is 0.00196. The van der Waals surface area contributed by atoms with E-state index in [1.165, 1.54) is 13.2 Å². The van der Waals surface area contributed by atoms with Gasteiger partial charge >= 0.3 is 6.18 Å². The van der Waals surface area contributed by atoms with Crippen LogP contribution in [-0.2, 0) is 6.18 Å². The van der Waals surface area contributed by atoms with Crippen molar-refractivity contribution < 1.29 is 17.9 Å². The van der Waals surface area contributed by atoms with Crippen LogP contribution < -0.4 is 4.74 Å². The highest BCUT2D eigenvalue weighted by molar-refractivity contribution is 9.10. The van der Waals surface area contributed by atoms with Gasteiger partial charge in [-0.3, -0.25) is 0 Å². The Morgan fingerprint density at radius 1 is 1.28 bits per heavy atom. The predicted molar refractivity (Wildman–Crippen MR) is 63.8 cm³/mol. The molecule has 0 fully saturated rings. The van der Waals surface area contributed by atoms with E-state index in [9.17, 15) is 13.2 Å². The standard InChI is InChI=1S/C10H5BrClF3N2O/c1-18-5-3-2-4(11)6-7(5)16-9(10(13,14)15)17-8(6)12/h2-3H,1H3. The molecular weight excluding hydrogens is 336 g/mol. The van der Waals surface area contributed by atoms with Gasteiger partial charge in [-0.05, 0) is 28.1 Å². The van der Waals surface area contributed by atoms with Gasteiger partial charge in [-0.1, -0.05) is 11.6 Å². The quantitative estimate of drug-likeness (QED) is 0.733. The molecule has 8 heteroatoms. The second kappa shape index (κ2) is 4.55. The minimum absolute atomic E-state index is 0.0131. The predicted octanol–water partition coefficient (Wildman–Crippen LogP) is 4.07. The van der Waals surface area contributed by atoms with Gasteiger partial charge in [-0.25, -0.2) is 9.97 Å². The van der Waals surface area contributed by atoms with Crippen LogP contribution in [0, 0.1) is 0 Å². The van der Waals surface area contributed by atoms with Gasteiger partial charge in [0.05, 0.1) is 12.5 Å². The number of rotatable bonds is 1. The number of fused-ring (bicyclic) bond motifs is 1. The van der Waals surface area contributed by atoms with Crippen molar-refractivity contribution in [1.82, 2.24) is 9.97 Å². The van der Waals surface area contributed by atoms with Crippen molar-refractivity contribution in [2.75, 3.05) is 7.11 Å². The fourth-order valence-corrected chi connectivity index (χ4v) is 2.32. The van der Waals surface area contributed by atoms with E-state index in [1.54, 1.807) is 6.07 Å². The van der Waals surface area contributed by atoms with E-state index in [2.05, 4.69) is 25.9 Å². The topological polar surface area (TPSA) is 35.0 Å².